The molecule has 2 aromatic rings. The molecule has 1 N–H and O–H groups in total. The van der Waals surface area contributed by atoms with E-state index in [1.807, 2.05) is 67.3 Å². The van der Waals surface area contributed by atoms with Crippen LogP contribution in [0.5, 0.6) is 5.75 Å². The van der Waals surface area contributed by atoms with Crippen molar-refractivity contribution in [3.8, 4) is 5.75 Å². The smallest absolute Gasteiger partial charge is 0.322 e. The largest absolute Gasteiger partial charge is 0.489 e. The lowest BCUT2D eigenvalue weighted by atomic mass is 10.2. The van der Waals surface area contributed by atoms with Gasteiger partial charge in [-0.3, -0.25) is 4.90 Å². The number of nitrogens with zero attached hydrogens (tertiary/aromatic N) is 2. The van der Waals surface area contributed by atoms with Crippen LogP contribution in [0.1, 0.15) is 19.4 Å². The van der Waals surface area contributed by atoms with Crippen LogP contribution in [-0.4, -0.2) is 48.1 Å². The molecule has 0 bridgehead atoms. The van der Waals surface area contributed by atoms with E-state index in [0.717, 1.165) is 30.2 Å². The maximum absolute atomic E-state index is 12.6. The van der Waals surface area contributed by atoms with Crippen molar-refractivity contribution < 1.29 is 9.53 Å². The SMILES string of the molecule is CC(C)Oc1ccccc1NC(=O)N1CCN(Cc2ccccc2Cl)CC1. The van der Waals surface area contributed by atoms with Crippen LogP contribution >= 0.6 is 11.6 Å². The lowest BCUT2D eigenvalue weighted by Crippen LogP contribution is -2.49. The fourth-order valence-corrected chi connectivity index (χ4v) is 3.29. The molecule has 0 atom stereocenters. The van der Waals surface area contributed by atoms with E-state index < -0.39 is 0 Å². The Bertz CT molecular complexity index is 774. The molecule has 5 nitrogen and oxygen atoms in total. The Morgan fingerprint density at radius 1 is 1.07 bits per heavy atom. The Balaban J connectivity index is 1.54. The quantitative estimate of drug-likeness (QED) is 0.822. The number of ether oxygens (including phenoxy) is 1. The highest BCUT2D eigenvalue weighted by molar-refractivity contribution is 6.31. The number of anilines is 1. The maximum atomic E-state index is 12.6. The Morgan fingerprint density at radius 3 is 2.44 bits per heavy atom. The average molecular weight is 388 g/mol. The van der Waals surface area contributed by atoms with Crippen LogP contribution in [0, 0.1) is 0 Å². The summed E-state index contributed by atoms with van der Waals surface area (Å²) in [5.74, 6) is 0.693. The summed E-state index contributed by atoms with van der Waals surface area (Å²) in [6.45, 7) is 7.76. The highest BCUT2D eigenvalue weighted by Crippen LogP contribution is 2.25. The van der Waals surface area contributed by atoms with Gasteiger partial charge in [0.25, 0.3) is 0 Å². The molecule has 1 aliphatic heterocycles. The van der Waals surface area contributed by atoms with Crippen molar-refractivity contribution in [3.05, 3.63) is 59.1 Å². The van der Waals surface area contributed by atoms with E-state index in [-0.39, 0.29) is 12.1 Å². The van der Waals surface area contributed by atoms with Crippen LogP contribution in [0.3, 0.4) is 0 Å². The number of amides is 2. The van der Waals surface area contributed by atoms with Gasteiger partial charge in [-0.25, -0.2) is 4.79 Å². The summed E-state index contributed by atoms with van der Waals surface area (Å²) in [5.41, 5.74) is 1.83. The number of carbonyl (C=O) groups excluding carboxylic acids is 1. The molecule has 2 aromatic carbocycles. The second-order valence-electron chi connectivity index (χ2n) is 6.95. The standard InChI is InChI=1S/C21H26ClN3O2/c1-16(2)27-20-10-6-5-9-19(20)23-21(26)25-13-11-24(12-14-25)15-17-7-3-4-8-18(17)22/h3-10,16H,11-15H2,1-2H3,(H,23,26). The Morgan fingerprint density at radius 2 is 1.74 bits per heavy atom. The van der Waals surface area contributed by atoms with Gasteiger partial charge in [0.1, 0.15) is 5.75 Å². The van der Waals surface area contributed by atoms with Crippen molar-refractivity contribution in [1.82, 2.24) is 9.80 Å². The van der Waals surface area contributed by atoms with Crippen molar-refractivity contribution in [3.63, 3.8) is 0 Å². The van der Waals surface area contributed by atoms with Crippen molar-refractivity contribution in [1.29, 1.82) is 0 Å². The van der Waals surface area contributed by atoms with E-state index in [9.17, 15) is 4.79 Å². The number of rotatable bonds is 5. The van der Waals surface area contributed by atoms with Gasteiger partial charge in [0.15, 0.2) is 0 Å². The fraction of sp³-hybridized carbons (Fsp3) is 0.381. The van der Waals surface area contributed by atoms with Crippen molar-refractivity contribution >= 4 is 23.3 Å². The van der Waals surface area contributed by atoms with E-state index in [2.05, 4.69) is 10.2 Å². The zero-order chi connectivity index (χ0) is 19.2. The van der Waals surface area contributed by atoms with Gasteiger partial charge in [0.05, 0.1) is 11.8 Å². The fourth-order valence-electron chi connectivity index (χ4n) is 3.10. The minimum absolute atomic E-state index is 0.0522. The molecule has 0 spiro atoms. The van der Waals surface area contributed by atoms with Crippen LogP contribution in [-0.2, 0) is 6.54 Å². The monoisotopic (exact) mass is 387 g/mol. The van der Waals surface area contributed by atoms with Gasteiger partial charge in [-0.15, -0.1) is 0 Å². The first-order valence-electron chi connectivity index (χ1n) is 9.30. The Kier molecular flexibility index (Phi) is 6.58. The van der Waals surface area contributed by atoms with E-state index in [1.165, 1.54) is 0 Å². The topological polar surface area (TPSA) is 44.8 Å². The zero-order valence-corrected chi connectivity index (χ0v) is 16.6. The zero-order valence-electron chi connectivity index (χ0n) is 15.8. The third kappa shape index (κ3) is 5.37. The molecule has 0 radical (unpaired) electrons. The minimum atomic E-state index is -0.0906. The average Bonchev–Trinajstić information content (AvgIpc) is 2.65. The van der Waals surface area contributed by atoms with Gasteiger partial charge in [-0.1, -0.05) is 41.9 Å². The van der Waals surface area contributed by atoms with Crippen molar-refractivity contribution in [2.75, 3.05) is 31.5 Å². The molecule has 0 unspecified atom stereocenters. The number of halogens is 1. The highest BCUT2D eigenvalue weighted by atomic mass is 35.5. The molecular weight excluding hydrogens is 362 g/mol. The van der Waals surface area contributed by atoms with Crippen LogP contribution in [0.4, 0.5) is 10.5 Å². The first-order valence-corrected chi connectivity index (χ1v) is 9.68. The second-order valence-corrected chi connectivity index (χ2v) is 7.35. The van der Waals surface area contributed by atoms with E-state index in [4.69, 9.17) is 16.3 Å². The number of hydrogen-bond donors (Lipinski definition) is 1. The summed E-state index contributed by atoms with van der Waals surface area (Å²) in [6, 6.07) is 15.3. The summed E-state index contributed by atoms with van der Waals surface area (Å²) in [5, 5.41) is 3.77. The molecule has 0 aliphatic carbocycles. The van der Waals surface area contributed by atoms with Crippen LogP contribution in [0.25, 0.3) is 0 Å². The molecule has 1 fully saturated rings. The highest BCUT2D eigenvalue weighted by Gasteiger charge is 2.22. The number of piperazine rings is 1. The molecule has 6 heteroatoms. The molecular formula is C21H26ClN3O2. The summed E-state index contributed by atoms with van der Waals surface area (Å²) >= 11 is 6.25. The molecule has 2 amide bonds. The lowest BCUT2D eigenvalue weighted by molar-refractivity contribution is 0.143. The number of benzene rings is 2. The molecule has 0 aromatic heterocycles. The number of urea groups is 1. The van der Waals surface area contributed by atoms with Gasteiger partial charge >= 0.3 is 6.03 Å². The van der Waals surface area contributed by atoms with Crippen LogP contribution < -0.4 is 10.1 Å². The second kappa shape index (κ2) is 9.11. The van der Waals surface area contributed by atoms with Crippen molar-refractivity contribution in [2.45, 2.75) is 26.5 Å². The number of carbonyl (C=O) groups is 1. The number of nitrogens with one attached hydrogen (secondary N) is 1. The molecule has 144 valence electrons. The molecule has 1 heterocycles. The third-order valence-corrected chi connectivity index (χ3v) is 4.87. The Hall–Kier alpha value is -2.24. The normalized spacial score (nSPS) is 15.0. The summed E-state index contributed by atoms with van der Waals surface area (Å²) in [6.07, 6.45) is 0.0522. The lowest BCUT2D eigenvalue weighted by Gasteiger charge is -2.35. The summed E-state index contributed by atoms with van der Waals surface area (Å²) < 4.78 is 5.77. The summed E-state index contributed by atoms with van der Waals surface area (Å²) in [7, 11) is 0. The van der Waals surface area contributed by atoms with Crippen molar-refractivity contribution in [2.24, 2.45) is 0 Å². The molecule has 0 saturated carbocycles. The van der Waals surface area contributed by atoms with Gasteiger partial charge in [0, 0.05) is 37.7 Å². The first-order chi connectivity index (χ1) is 13.0. The van der Waals surface area contributed by atoms with E-state index >= 15 is 0 Å². The molecule has 1 saturated heterocycles. The van der Waals surface area contributed by atoms with Gasteiger partial charge in [-0.05, 0) is 37.6 Å². The van der Waals surface area contributed by atoms with Crippen LogP contribution in [0.2, 0.25) is 5.02 Å². The number of para-hydroxylation sites is 2. The molecule has 1 aliphatic rings. The summed E-state index contributed by atoms with van der Waals surface area (Å²) in [4.78, 5) is 16.8. The first kappa shape index (κ1) is 19.5. The maximum Gasteiger partial charge on any atom is 0.322 e. The predicted octanol–water partition coefficient (Wildman–Crippen LogP) is 4.48. The minimum Gasteiger partial charge on any atom is -0.489 e. The van der Waals surface area contributed by atoms with Gasteiger partial charge in [0.2, 0.25) is 0 Å². The van der Waals surface area contributed by atoms with E-state index in [0.29, 0.717) is 24.5 Å². The van der Waals surface area contributed by atoms with Crippen LogP contribution in [0.15, 0.2) is 48.5 Å². The van der Waals surface area contributed by atoms with E-state index in [1.54, 1.807) is 0 Å². The predicted molar refractivity (Wildman–Crippen MR) is 110 cm³/mol. The number of hydrogen-bond acceptors (Lipinski definition) is 3. The van der Waals surface area contributed by atoms with Gasteiger partial charge < -0.3 is 15.0 Å². The Labute approximate surface area is 165 Å². The molecule has 3 rings (SSSR count). The third-order valence-electron chi connectivity index (χ3n) is 4.50. The molecule has 27 heavy (non-hydrogen) atoms. The van der Waals surface area contributed by atoms with Gasteiger partial charge in [-0.2, -0.15) is 0 Å².